The highest BCUT2D eigenvalue weighted by atomic mass is 32.2. The zero-order valence-corrected chi connectivity index (χ0v) is 9.00. The fourth-order valence-corrected chi connectivity index (χ4v) is 2.51. The van der Waals surface area contributed by atoms with E-state index < -0.39 is 5.97 Å². The summed E-state index contributed by atoms with van der Waals surface area (Å²) in [5.74, 6) is 0.469. The number of aromatic nitrogens is 2. The predicted octanol–water partition coefficient (Wildman–Crippen LogP) is 0.978. The maximum absolute atomic E-state index is 11.6. The lowest BCUT2D eigenvalue weighted by Gasteiger charge is -2.03. The van der Waals surface area contributed by atoms with Crippen LogP contribution in [0.1, 0.15) is 16.2 Å². The number of rotatable bonds is 2. The highest BCUT2D eigenvalue weighted by Gasteiger charge is 2.25. The minimum Gasteiger partial charge on any atom is -0.446 e. The molecule has 0 saturated heterocycles. The summed E-state index contributed by atoms with van der Waals surface area (Å²) in [7, 11) is 0. The zero-order valence-electron chi connectivity index (χ0n) is 8.19. The molecule has 6 heteroatoms. The van der Waals surface area contributed by atoms with Crippen molar-refractivity contribution < 1.29 is 9.53 Å². The van der Waals surface area contributed by atoms with Crippen LogP contribution in [0.2, 0.25) is 0 Å². The van der Waals surface area contributed by atoms with E-state index in [2.05, 4.69) is 4.98 Å². The van der Waals surface area contributed by atoms with Crippen LogP contribution in [0, 0.1) is 18.3 Å². The van der Waals surface area contributed by atoms with Crippen LogP contribution in [0.3, 0.4) is 0 Å². The van der Waals surface area contributed by atoms with E-state index in [1.54, 1.807) is 24.8 Å². The van der Waals surface area contributed by atoms with Crippen molar-refractivity contribution in [1.82, 2.24) is 9.55 Å². The number of nitriles is 1. The van der Waals surface area contributed by atoms with Crippen molar-refractivity contribution in [2.24, 2.45) is 0 Å². The normalized spacial score (nSPS) is 13.3. The molecule has 0 aliphatic carbocycles. The van der Waals surface area contributed by atoms with Gasteiger partial charge in [-0.2, -0.15) is 5.26 Å². The molecule has 0 atom stereocenters. The molecule has 0 unspecified atom stereocenters. The summed E-state index contributed by atoms with van der Waals surface area (Å²) >= 11 is 1.62. The van der Waals surface area contributed by atoms with Gasteiger partial charge >= 0.3 is 5.97 Å². The van der Waals surface area contributed by atoms with E-state index in [0.29, 0.717) is 11.4 Å². The lowest BCUT2D eigenvalue weighted by Crippen LogP contribution is -2.13. The van der Waals surface area contributed by atoms with E-state index >= 15 is 0 Å². The van der Waals surface area contributed by atoms with E-state index in [1.807, 2.05) is 4.57 Å². The average molecular weight is 223 g/mol. The minimum atomic E-state index is -0.463. The average Bonchev–Trinajstić information content (AvgIpc) is 2.73. The third-order valence-corrected chi connectivity index (χ3v) is 3.07. The first-order valence-electron chi connectivity index (χ1n) is 4.48. The number of imidazole rings is 1. The van der Waals surface area contributed by atoms with Gasteiger partial charge in [-0.15, -0.1) is 0 Å². The van der Waals surface area contributed by atoms with Crippen LogP contribution in [0.25, 0.3) is 0 Å². The van der Waals surface area contributed by atoms with E-state index in [-0.39, 0.29) is 6.61 Å². The van der Waals surface area contributed by atoms with Gasteiger partial charge in [-0.1, -0.05) is 11.8 Å². The molecule has 0 bridgehead atoms. The van der Waals surface area contributed by atoms with Crippen LogP contribution < -0.4 is 0 Å². The number of hydrogen-bond acceptors (Lipinski definition) is 5. The molecular weight excluding hydrogens is 214 g/mol. The molecule has 0 saturated carbocycles. The van der Waals surface area contributed by atoms with Gasteiger partial charge in [0.2, 0.25) is 0 Å². The molecule has 2 heterocycles. The molecule has 15 heavy (non-hydrogen) atoms. The van der Waals surface area contributed by atoms with Gasteiger partial charge in [0.15, 0.2) is 17.5 Å². The van der Waals surface area contributed by atoms with Gasteiger partial charge in [0.25, 0.3) is 0 Å². The van der Waals surface area contributed by atoms with Gasteiger partial charge in [-0.05, 0) is 6.92 Å². The highest BCUT2D eigenvalue weighted by Crippen LogP contribution is 2.28. The molecule has 0 fully saturated rings. The Morgan fingerprint density at radius 2 is 2.60 bits per heavy atom. The van der Waals surface area contributed by atoms with E-state index in [1.165, 1.54) is 0 Å². The molecule has 2 rings (SSSR count). The Kier molecular flexibility index (Phi) is 2.64. The molecule has 5 nitrogen and oxygen atoms in total. The van der Waals surface area contributed by atoms with Crippen molar-refractivity contribution in [2.45, 2.75) is 18.6 Å². The molecule has 0 amide bonds. The molecule has 0 N–H and O–H groups in total. The van der Waals surface area contributed by atoms with Crippen molar-refractivity contribution in [3.05, 3.63) is 11.4 Å². The Morgan fingerprint density at radius 3 is 3.33 bits per heavy atom. The van der Waals surface area contributed by atoms with Crippen molar-refractivity contribution in [1.29, 1.82) is 5.26 Å². The molecule has 0 aromatic carbocycles. The quantitative estimate of drug-likeness (QED) is 0.699. The Morgan fingerprint density at radius 1 is 1.80 bits per heavy atom. The molecule has 78 valence electrons. The maximum atomic E-state index is 11.6. The molecular formula is C9H9N3O2S. The SMILES string of the molecule is Cc1nc2n(c1C(=O)OCC#N)CCS2. The van der Waals surface area contributed by atoms with Crippen molar-refractivity contribution in [3.8, 4) is 6.07 Å². The summed E-state index contributed by atoms with van der Waals surface area (Å²) in [6.45, 7) is 2.33. The topological polar surface area (TPSA) is 67.9 Å². The van der Waals surface area contributed by atoms with Gasteiger partial charge in [0.05, 0.1) is 5.69 Å². The summed E-state index contributed by atoms with van der Waals surface area (Å²) in [6, 6.07) is 1.77. The van der Waals surface area contributed by atoms with Crippen molar-refractivity contribution >= 4 is 17.7 Å². The first-order valence-corrected chi connectivity index (χ1v) is 5.46. The van der Waals surface area contributed by atoms with Gasteiger partial charge < -0.3 is 9.30 Å². The Balaban J connectivity index is 2.28. The van der Waals surface area contributed by atoms with Crippen LogP contribution in [0.5, 0.6) is 0 Å². The number of aryl methyl sites for hydroxylation is 1. The number of thioether (sulfide) groups is 1. The van der Waals surface area contributed by atoms with Gasteiger partial charge in [-0.3, -0.25) is 0 Å². The lowest BCUT2D eigenvalue weighted by atomic mass is 10.3. The summed E-state index contributed by atoms with van der Waals surface area (Å²) in [6.07, 6.45) is 0. The minimum absolute atomic E-state index is 0.216. The van der Waals surface area contributed by atoms with E-state index in [9.17, 15) is 4.79 Å². The smallest absolute Gasteiger partial charge is 0.357 e. The second kappa shape index (κ2) is 3.95. The first kappa shape index (κ1) is 10.1. The van der Waals surface area contributed by atoms with Crippen LogP contribution in [0.15, 0.2) is 5.16 Å². The van der Waals surface area contributed by atoms with E-state index in [0.717, 1.165) is 17.5 Å². The maximum Gasteiger partial charge on any atom is 0.357 e. The standard InChI is InChI=1S/C9H9N3O2S/c1-6-7(8(13)14-4-2-10)12-3-5-15-9(12)11-6/h3-5H2,1H3. The summed E-state index contributed by atoms with van der Waals surface area (Å²) in [4.78, 5) is 15.9. The summed E-state index contributed by atoms with van der Waals surface area (Å²) < 4.78 is 6.62. The largest absolute Gasteiger partial charge is 0.446 e. The third kappa shape index (κ3) is 1.70. The molecule has 1 aliphatic rings. The Bertz CT molecular complexity index is 447. The number of fused-ring (bicyclic) bond motifs is 1. The van der Waals surface area contributed by atoms with Crippen molar-refractivity contribution in [3.63, 3.8) is 0 Å². The zero-order chi connectivity index (χ0) is 10.8. The van der Waals surface area contributed by atoms with Crippen LogP contribution in [0.4, 0.5) is 0 Å². The second-order valence-corrected chi connectivity index (χ2v) is 4.12. The van der Waals surface area contributed by atoms with Gasteiger partial charge in [0, 0.05) is 12.3 Å². The highest BCUT2D eigenvalue weighted by molar-refractivity contribution is 7.99. The number of carbonyl (C=O) groups is 1. The molecule has 1 aromatic rings. The van der Waals surface area contributed by atoms with Crippen LogP contribution in [-0.4, -0.2) is 27.9 Å². The Hall–Kier alpha value is -1.48. The monoisotopic (exact) mass is 223 g/mol. The molecule has 0 radical (unpaired) electrons. The fraction of sp³-hybridized carbons (Fsp3) is 0.444. The number of esters is 1. The number of carbonyl (C=O) groups excluding carboxylic acids is 1. The summed E-state index contributed by atoms with van der Waals surface area (Å²) in [5.41, 5.74) is 1.14. The molecule has 1 aromatic heterocycles. The van der Waals surface area contributed by atoms with Gasteiger partial charge in [0.1, 0.15) is 6.07 Å². The second-order valence-electron chi connectivity index (χ2n) is 3.06. The summed E-state index contributed by atoms with van der Waals surface area (Å²) in [5, 5.41) is 9.18. The number of ether oxygens (including phenoxy) is 1. The molecule has 1 aliphatic heterocycles. The number of nitrogens with zero attached hydrogens (tertiary/aromatic N) is 3. The van der Waals surface area contributed by atoms with Crippen LogP contribution >= 0.6 is 11.8 Å². The van der Waals surface area contributed by atoms with Crippen molar-refractivity contribution in [2.75, 3.05) is 12.4 Å². The first-order chi connectivity index (χ1) is 7.24. The predicted molar refractivity (Wildman–Crippen MR) is 53.6 cm³/mol. The van der Waals surface area contributed by atoms with E-state index in [4.69, 9.17) is 10.00 Å². The third-order valence-electron chi connectivity index (χ3n) is 2.11. The number of hydrogen-bond donors (Lipinski definition) is 0. The molecule has 0 spiro atoms. The van der Waals surface area contributed by atoms with Crippen LogP contribution in [-0.2, 0) is 11.3 Å². The van der Waals surface area contributed by atoms with Gasteiger partial charge in [-0.25, -0.2) is 9.78 Å². The lowest BCUT2D eigenvalue weighted by molar-refractivity contribution is 0.0541. The Labute approximate surface area is 91.0 Å². The fourth-order valence-electron chi connectivity index (χ4n) is 1.52.